The van der Waals surface area contributed by atoms with Crippen molar-refractivity contribution in [1.29, 1.82) is 0 Å². The van der Waals surface area contributed by atoms with E-state index in [4.69, 9.17) is 9.84 Å². The maximum atomic E-state index is 12.8. The Kier molecular flexibility index (Phi) is 6.46. The van der Waals surface area contributed by atoms with Gasteiger partial charge in [0.05, 0.1) is 31.4 Å². The van der Waals surface area contributed by atoms with Crippen LogP contribution in [0.1, 0.15) is 28.3 Å². The van der Waals surface area contributed by atoms with Crippen molar-refractivity contribution in [3.63, 3.8) is 0 Å². The molecule has 29 heavy (non-hydrogen) atoms. The molecular formula is C23H25NO5. The van der Waals surface area contributed by atoms with Crippen LogP contribution in [0.5, 0.6) is 0 Å². The van der Waals surface area contributed by atoms with Crippen molar-refractivity contribution in [1.82, 2.24) is 4.90 Å². The van der Waals surface area contributed by atoms with Gasteiger partial charge >= 0.3 is 0 Å². The third-order valence-corrected chi connectivity index (χ3v) is 4.97. The lowest BCUT2D eigenvalue weighted by Crippen LogP contribution is -2.33. The number of hydrogen-bond donors (Lipinski definition) is 2. The molecule has 0 aromatic heterocycles. The van der Waals surface area contributed by atoms with Crippen LogP contribution in [-0.4, -0.2) is 53.2 Å². The fraction of sp³-hybridized carbons (Fsp3) is 0.304. The summed E-state index contributed by atoms with van der Waals surface area (Å²) in [5.74, 6) is -1.57. The van der Waals surface area contributed by atoms with E-state index in [0.29, 0.717) is 5.56 Å². The minimum Gasteiger partial charge on any atom is -0.507 e. The van der Waals surface area contributed by atoms with E-state index in [1.807, 2.05) is 50.2 Å². The SMILES string of the molecule is Cc1ccc(/C(O)=C2\C(=O)C(=O)N(CCOCCO)C2c2ccc(C)cc2)cc1. The van der Waals surface area contributed by atoms with Gasteiger partial charge in [-0.15, -0.1) is 0 Å². The largest absolute Gasteiger partial charge is 0.507 e. The molecule has 1 aliphatic heterocycles. The van der Waals surface area contributed by atoms with Crippen molar-refractivity contribution in [2.75, 3.05) is 26.4 Å². The second-order valence-electron chi connectivity index (χ2n) is 7.11. The molecule has 0 aliphatic carbocycles. The molecule has 1 fully saturated rings. The van der Waals surface area contributed by atoms with Crippen LogP contribution in [0.3, 0.4) is 0 Å². The summed E-state index contributed by atoms with van der Waals surface area (Å²) in [7, 11) is 0. The molecule has 6 heteroatoms. The molecule has 1 unspecified atom stereocenters. The number of aliphatic hydroxyl groups is 2. The predicted octanol–water partition coefficient (Wildman–Crippen LogP) is 2.73. The second-order valence-corrected chi connectivity index (χ2v) is 7.11. The van der Waals surface area contributed by atoms with Gasteiger partial charge in [-0.2, -0.15) is 0 Å². The molecule has 6 nitrogen and oxygen atoms in total. The van der Waals surface area contributed by atoms with E-state index in [0.717, 1.165) is 16.7 Å². The molecule has 2 aromatic rings. The summed E-state index contributed by atoms with van der Waals surface area (Å²) < 4.78 is 5.29. The first-order chi connectivity index (χ1) is 13.9. The Morgan fingerprint density at radius 1 is 0.966 bits per heavy atom. The summed E-state index contributed by atoms with van der Waals surface area (Å²) in [5, 5.41) is 19.8. The molecule has 152 valence electrons. The van der Waals surface area contributed by atoms with E-state index in [1.165, 1.54) is 4.90 Å². The number of nitrogens with zero attached hydrogens (tertiary/aromatic N) is 1. The topological polar surface area (TPSA) is 87.1 Å². The predicted molar refractivity (Wildman–Crippen MR) is 109 cm³/mol. The summed E-state index contributed by atoms with van der Waals surface area (Å²) >= 11 is 0. The molecular weight excluding hydrogens is 370 g/mol. The van der Waals surface area contributed by atoms with Crippen molar-refractivity contribution < 1.29 is 24.5 Å². The van der Waals surface area contributed by atoms with Crippen LogP contribution >= 0.6 is 0 Å². The molecule has 3 rings (SSSR count). The quantitative estimate of drug-likeness (QED) is 0.326. The van der Waals surface area contributed by atoms with Gasteiger partial charge in [0, 0.05) is 12.1 Å². The number of aliphatic hydroxyl groups excluding tert-OH is 2. The minimum absolute atomic E-state index is 0.0739. The second kappa shape index (κ2) is 9.03. The zero-order valence-corrected chi connectivity index (χ0v) is 16.6. The molecule has 2 aromatic carbocycles. The number of aryl methyl sites for hydroxylation is 2. The summed E-state index contributed by atoms with van der Waals surface area (Å²) in [4.78, 5) is 27.0. The molecule has 0 radical (unpaired) electrons. The summed E-state index contributed by atoms with van der Waals surface area (Å²) in [5.41, 5.74) is 3.38. The van der Waals surface area contributed by atoms with Crippen molar-refractivity contribution in [3.8, 4) is 0 Å². The van der Waals surface area contributed by atoms with Crippen molar-refractivity contribution in [2.24, 2.45) is 0 Å². The van der Waals surface area contributed by atoms with E-state index in [9.17, 15) is 14.7 Å². The van der Waals surface area contributed by atoms with Gasteiger partial charge in [-0.3, -0.25) is 9.59 Å². The van der Waals surface area contributed by atoms with E-state index >= 15 is 0 Å². The number of Topliss-reactive ketones (excluding diaryl/α,β-unsaturated/α-hetero) is 1. The van der Waals surface area contributed by atoms with E-state index in [-0.39, 0.29) is 37.7 Å². The first-order valence-corrected chi connectivity index (χ1v) is 9.54. The molecule has 0 saturated carbocycles. The summed E-state index contributed by atoms with van der Waals surface area (Å²) in [6.45, 7) is 4.28. The van der Waals surface area contributed by atoms with Gasteiger partial charge in [0.1, 0.15) is 5.76 Å². The average molecular weight is 395 g/mol. The van der Waals surface area contributed by atoms with E-state index in [2.05, 4.69) is 0 Å². The Hall–Kier alpha value is -2.96. The summed E-state index contributed by atoms with van der Waals surface area (Å²) in [6, 6.07) is 14.0. The Morgan fingerprint density at radius 3 is 2.14 bits per heavy atom. The van der Waals surface area contributed by atoms with Gasteiger partial charge in [-0.05, 0) is 19.4 Å². The van der Waals surface area contributed by atoms with Crippen LogP contribution in [0.25, 0.3) is 5.76 Å². The van der Waals surface area contributed by atoms with Gasteiger partial charge in [0.2, 0.25) is 0 Å². The Morgan fingerprint density at radius 2 is 1.55 bits per heavy atom. The Bertz CT molecular complexity index is 915. The lowest BCUT2D eigenvalue weighted by atomic mass is 9.94. The van der Waals surface area contributed by atoms with Gasteiger partial charge < -0.3 is 19.8 Å². The number of benzene rings is 2. The smallest absolute Gasteiger partial charge is 0.295 e. The van der Waals surface area contributed by atoms with Gasteiger partial charge in [0.25, 0.3) is 11.7 Å². The number of amides is 1. The fourth-order valence-corrected chi connectivity index (χ4v) is 3.40. The highest BCUT2D eigenvalue weighted by molar-refractivity contribution is 6.46. The van der Waals surface area contributed by atoms with Gasteiger partial charge in [-0.25, -0.2) is 0 Å². The minimum atomic E-state index is -0.712. The van der Waals surface area contributed by atoms with Crippen LogP contribution in [0.2, 0.25) is 0 Å². The average Bonchev–Trinajstić information content (AvgIpc) is 2.96. The normalized spacial score (nSPS) is 18.4. The number of carbonyl (C=O) groups is 2. The molecule has 1 aliphatic rings. The Labute approximate surface area is 170 Å². The first-order valence-electron chi connectivity index (χ1n) is 9.54. The molecule has 1 atom stereocenters. The van der Waals surface area contributed by atoms with Crippen LogP contribution in [0.15, 0.2) is 54.1 Å². The monoisotopic (exact) mass is 395 g/mol. The zero-order valence-electron chi connectivity index (χ0n) is 16.6. The number of hydrogen-bond acceptors (Lipinski definition) is 5. The summed E-state index contributed by atoms with van der Waals surface area (Å²) in [6.07, 6.45) is 0. The van der Waals surface area contributed by atoms with Gasteiger partial charge in [0.15, 0.2) is 0 Å². The highest BCUT2D eigenvalue weighted by Gasteiger charge is 2.45. The first kappa shape index (κ1) is 20.8. The molecule has 0 bridgehead atoms. The highest BCUT2D eigenvalue weighted by atomic mass is 16.5. The van der Waals surface area contributed by atoms with Crippen LogP contribution < -0.4 is 0 Å². The number of ether oxygens (including phenoxy) is 1. The highest BCUT2D eigenvalue weighted by Crippen LogP contribution is 2.39. The van der Waals surface area contributed by atoms with Crippen LogP contribution in [0, 0.1) is 13.8 Å². The number of rotatable bonds is 7. The number of likely N-dealkylation sites (tertiary alicyclic amines) is 1. The molecule has 2 N–H and O–H groups in total. The van der Waals surface area contributed by atoms with E-state index < -0.39 is 17.7 Å². The number of ketones is 1. The van der Waals surface area contributed by atoms with Gasteiger partial charge in [-0.1, -0.05) is 59.7 Å². The standard InChI is InChI=1S/C23H25NO5/c1-15-3-7-17(8-4-15)20-19(21(26)18-9-5-16(2)6-10-18)22(27)23(28)24(20)11-13-29-14-12-25/h3-10,20,25-26H,11-14H2,1-2H3/b21-19+. The van der Waals surface area contributed by atoms with Crippen molar-refractivity contribution in [2.45, 2.75) is 19.9 Å². The lowest BCUT2D eigenvalue weighted by Gasteiger charge is -2.25. The van der Waals surface area contributed by atoms with Crippen molar-refractivity contribution in [3.05, 3.63) is 76.4 Å². The third-order valence-electron chi connectivity index (χ3n) is 4.97. The van der Waals surface area contributed by atoms with Crippen LogP contribution in [0.4, 0.5) is 0 Å². The molecule has 1 saturated heterocycles. The van der Waals surface area contributed by atoms with Crippen LogP contribution in [-0.2, 0) is 14.3 Å². The maximum absolute atomic E-state index is 12.8. The number of carbonyl (C=O) groups excluding carboxylic acids is 2. The zero-order chi connectivity index (χ0) is 21.0. The third kappa shape index (κ3) is 4.39. The van der Waals surface area contributed by atoms with Crippen molar-refractivity contribution >= 4 is 17.4 Å². The molecule has 1 amide bonds. The Balaban J connectivity index is 2.05. The molecule has 0 spiro atoms. The fourth-order valence-electron chi connectivity index (χ4n) is 3.40. The maximum Gasteiger partial charge on any atom is 0.295 e. The van der Waals surface area contributed by atoms with E-state index in [1.54, 1.807) is 12.1 Å². The lowest BCUT2D eigenvalue weighted by molar-refractivity contribution is -0.140. The molecule has 1 heterocycles.